The van der Waals surface area contributed by atoms with Crippen molar-refractivity contribution in [1.82, 2.24) is 10.2 Å². The molecule has 88 valence electrons. The second-order valence-corrected chi connectivity index (χ2v) is 4.63. The van der Waals surface area contributed by atoms with Crippen molar-refractivity contribution in [3.63, 3.8) is 0 Å². The van der Waals surface area contributed by atoms with Crippen LogP contribution in [0.2, 0.25) is 0 Å². The van der Waals surface area contributed by atoms with Crippen molar-refractivity contribution >= 4 is 0 Å². The van der Waals surface area contributed by atoms with E-state index >= 15 is 0 Å². The molecular weight excluding hydrogens is 192 g/mol. The van der Waals surface area contributed by atoms with Crippen LogP contribution < -0.4 is 5.32 Å². The van der Waals surface area contributed by atoms with Gasteiger partial charge in [0.2, 0.25) is 0 Å². The monoisotopic (exact) mass is 214 g/mol. The zero-order valence-corrected chi connectivity index (χ0v) is 9.74. The summed E-state index contributed by atoms with van der Waals surface area (Å²) in [6.45, 7) is 6.93. The Bertz CT molecular complexity index is 201. The van der Waals surface area contributed by atoms with Gasteiger partial charge >= 0.3 is 0 Å². The molecule has 0 aromatic carbocycles. The molecule has 0 aromatic rings. The summed E-state index contributed by atoms with van der Waals surface area (Å²) in [5.41, 5.74) is 0. The van der Waals surface area contributed by atoms with Gasteiger partial charge in [-0.1, -0.05) is 0 Å². The van der Waals surface area contributed by atoms with Crippen molar-refractivity contribution in [3.05, 3.63) is 0 Å². The molecule has 0 aliphatic carbocycles. The first-order valence-corrected chi connectivity index (χ1v) is 5.91. The summed E-state index contributed by atoms with van der Waals surface area (Å²) in [5, 5.41) is 3.54. The highest BCUT2D eigenvalue weighted by molar-refractivity contribution is 4.81. The second kappa shape index (κ2) is 5.25. The van der Waals surface area contributed by atoms with Crippen LogP contribution in [0.3, 0.4) is 0 Å². The minimum Gasteiger partial charge on any atom is -0.377 e. The number of morpholine rings is 1. The van der Waals surface area contributed by atoms with Gasteiger partial charge in [0.15, 0.2) is 0 Å². The average molecular weight is 214 g/mol. The molecule has 3 atom stereocenters. The first kappa shape index (κ1) is 11.3. The van der Waals surface area contributed by atoms with E-state index in [4.69, 9.17) is 9.47 Å². The fourth-order valence-corrected chi connectivity index (χ4v) is 2.27. The van der Waals surface area contributed by atoms with Crippen LogP contribution in [0, 0.1) is 0 Å². The highest BCUT2D eigenvalue weighted by atomic mass is 16.5. The van der Waals surface area contributed by atoms with Crippen LogP contribution in [-0.2, 0) is 9.47 Å². The Morgan fingerprint density at radius 3 is 2.87 bits per heavy atom. The SMILES string of the molecule is CC1OCCC1NCC1CN(C)CCO1. The van der Waals surface area contributed by atoms with Gasteiger partial charge in [0.1, 0.15) is 0 Å². The number of hydrogen-bond donors (Lipinski definition) is 1. The van der Waals surface area contributed by atoms with Gasteiger partial charge in [0.05, 0.1) is 18.8 Å². The Kier molecular flexibility index (Phi) is 3.97. The smallest absolute Gasteiger partial charge is 0.0826 e. The predicted octanol–water partition coefficient (Wildman–Crippen LogP) is 0.0840. The molecule has 0 bridgehead atoms. The molecule has 2 heterocycles. The van der Waals surface area contributed by atoms with Crippen LogP contribution in [-0.4, -0.2) is 63.0 Å². The molecule has 0 radical (unpaired) electrons. The van der Waals surface area contributed by atoms with E-state index in [1.165, 1.54) is 0 Å². The summed E-state index contributed by atoms with van der Waals surface area (Å²) in [4.78, 5) is 2.32. The first-order valence-electron chi connectivity index (χ1n) is 5.91. The Balaban J connectivity index is 1.68. The lowest BCUT2D eigenvalue weighted by Gasteiger charge is -2.31. The van der Waals surface area contributed by atoms with Crippen molar-refractivity contribution in [1.29, 1.82) is 0 Å². The third kappa shape index (κ3) is 3.14. The molecule has 2 fully saturated rings. The molecule has 15 heavy (non-hydrogen) atoms. The number of hydrogen-bond acceptors (Lipinski definition) is 4. The number of nitrogens with zero attached hydrogens (tertiary/aromatic N) is 1. The Hall–Kier alpha value is -0.160. The van der Waals surface area contributed by atoms with Gasteiger partial charge in [-0.3, -0.25) is 0 Å². The molecule has 4 nitrogen and oxygen atoms in total. The van der Waals surface area contributed by atoms with Crippen LogP contribution in [0.1, 0.15) is 13.3 Å². The molecule has 0 saturated carbocycles. The molecule has 2 rings (SSSR count). The van der Waals surface area contributed by atoms with Gasteiger partial charge in [-0.15, -0.1) is 0 Å². The van der Waals surface area contributed by atoms with Gasteiger partial charge < -0.3 is 19.7 Å². The molecule has 0 aromatic heterocycles. The number of nitrogens with one attached hydrogen (secondary N) is 1. The summed E-state index contributed by atoms with van der Waals surface area (Å²) in [5.74, 6) is 0. The van der Waals surface area contributed by atoms with Crippen molar-refractivity contribution in [3.8, 4) is 0 Å². The largest absolute Gasteiger partial charge is 0.377 e. The maximum Gasteiger partial charge on any atom is 0.0826 e. The zero-order valence-electron chi connectivity index (χ0n) is 9.74. The molecule has 2 saturated heterocycles. The van der Waals surface area contributed by atoms with E-state index in [0.29, 0.717) is 18.2 Å². The summed E-state index contributed by atoms with van der Waals surface area (Å²) in [6.07, 6.45) is 1.83. The van der Waals surface area contributed by atoms with E-state index < -0.39 is 0 Å². The molecule has 4 heteroatoms. The van der Waals surface area contributed by atoms with E-state index in [-0.39, 0.29) is 0 Å². The maximum atomic E-state index is 5.70. The highest BCUT2D eigenvalue weighted by Crippen LogP contribution is 2.13. The zero-order chi connectivity index (χ0) is 10.7. The third-order valence-electron chi connectivity index (χ3n) is 3.33. The molecule has 0 amide bonds. The molecule has 1 N–H and O–H groups in total. The number of likely N-dealkylation sites (N-methyl/N-ethyl adjacent to an activating group) is 1. The van der Waals surface area contributed by atoms with Crippen LogP contribution in [0.15, 0.2) is 0 Å². The fourth-order valence-electron chi connectivity index (χ4n) is 2.27. The fraction of sp³-hybridized carbons (Fsp3) is 1.00. The summed E-state index contributed by atoms with van der Waals surface area (Å²) < 4.78 is 11.2. The Morgan fingerprint density at radius 2 is 2.20 bits per heavy atom. The standard InChI is InChI=1S/C11H22N2O2/c1-9-11(3-5-14-9)12-7-10-8-13(2)4-6-15-10/h9-12H,3-8H2,1-2H3. The Morgan fingerprint density at radius 1 is 1.33 bits per heavy atom. The van der Waals surface area contributed by atoms with Crippen LogP contribution >= 0.6 is 0 Å². The molecule has 0 spiro atoms. The van der Waals surface area contributed by atoms with Crippen LogP contribution in [0.5, 0.6) is 0 Å². The van der Waals surface area contributed by atoms with Crippen molar-refractivity contribution in [2.75, 3.05) is 39.9 Å². The van der Waals surface area contributed by atoms with Crippen molar-refractivity contribution < 1.29 is 9.47 Å². The maximum absolute atomic E-state index is 5.70. The quantitative estimate of drug-likeness (QED) is 0.721. The number of rotatable bonds is 3. The highest BCUT2D eigenvalue weighted by Gasteiger charge is 2.25. The van der Waals surface area contributed by atoms with Gasteiger partial charge in [0.25, 0.3) is 0 Å². The topological polar surface area (TPSA) is 33.7 Å². The number of ether oxygens (including phenoxy) is 2. The van der Waals surface area contributed by atoms with E-state index in [1.807, 2.05) is 0 Å². The van der Waals surface area contributed by atoms with E-state index in [9.17, 15) is 0 Å². The van der Waals surface area contributed by atoms with E-state index in [1.54, 1.807) is 0 Å². The molecule has 3 unspecified atom stereocenters. The normalized spacial score (nSPS) is 38.4. The van der Waals surface area contributed by atoms with Crippen LogP contribution in [0.4, 0.5) is 0 Å². The Labute approximate surface area is 91.9 Å². The van der Waals surface area contributed by atoms with Gasteiger partial charge in [0, 0.05) is 32.3 Å². The summed E-state index contributed by atoms with van der Waals surface area (Å²) >= 11 is 0. The minimum atomic E-state index is 0.344. The van der Waals surface area contributed by atoms with Gasteiger partial charge in [-0.25, -0.2) is 0 Å². The average Bonchev–Trinajstić information content (AvgIpc) is 2.61. The molecule has 2 aliphatic heterocycles. The first-order chi connectivity index (χ1) is 7.25. The lowest BCUT2D eigenvalue weighted by Crippen LogP contribution is -2.47. The van der Waals surface area contributed by atoms with Crippen molar-refractivity contribution in [2.45, 2.75) is 31.6 Å². The van der Waals surface area contributed by atoms with E-state index in [2.05, 4.69) is 24.2 Å². The van der Waals surface area contributed by atoms with Gasteiger partial charge in [-0.2, -0.15) is 0 Å². The van der Waals surface area contributed by atoms with Gasteiger partial charge in [-0.05, 0) is 20.4 Å². The summed E-state index contributed by atoms with van der Waals surface area (Å²) in [7, 11) is 2.15. The summed E-state index contributed by atoms with van der Waals surface area (Å²) in [6, 6.07) is 0.515. The van der Waals surface area contributed by atoms with Crippen molar-refractivity contribution in [2.24, 2.45) is 0 Å². The third-order valence-corrected chi connectivity index (χ3v) is 3.33. The lowest BCUT2D eigenvalue weighted by atomic mass is 10.1. The van der Waals surface area contributed by atoms with E-state index in [0.717, 1.165) is 39.3 Å². The molecule has 2 aliphatic rings. The van der Waals surface area contributed by atoms with Crippen LogP contribution in [0.25, 0.3) is 0 Å². The predicted molar refractivity (Wildman–Crippen MR) is 59.1 cm³/mol. The molecular formula is C11H22N2O2. The second-order valence-electron chi connectivity index (χ2n) is 4.63. The minimum absolute atomic E-state index is 0.344. The lowest BCUT2D eigenvalue weighted by molar-refractivity contribution is -0.0202.